The maximum Gasteiger partial charge on any atom is 0.421 e. The van der Waals surface area contributed by atoms with Crippen molar-refractivity contribution < 1.29 is 17.9 Å². The van der Waals surface area contributed by atoms with Crippen LogP contribution in [0.4, 0.5) is 4.79 Å². The molecule has 0 unspecified atom stereocenters. The number of nitrogens with zero attached hydrogens (tertiary/aromatic N) is 1. The van der Waals surface area contributed by atoms with E-state index in [-0.39, 0.29) is 13.2 Å². The van der Waals surface area contributed by atoms with Gasteiger partial charge in [0.1, 0.15) is 0 Å². The molecular weight excluding hydrogens is 260 g/mol. The molecule has 0 aromatic rings. The van der Waals surface area contributed by atoms with Crippen LogP contribution in [-0.2, 0) is 14.9 Å². The van der Waals surface area contributed by atoms with Crippen molar-refractivity contribution in [1.29, 1.82) is 0 Å². The highest BCUT2D eigenvalue weighted by Crippen LogP contribution is 1.90. The molecule has 0 spiro atoms. The van der Waals surface area contributed by atoms with Gasteiger partial charge in [0.05, 0.1) is 6.61 Å². The first-order chi connectivity index (χ1) is 8.53. The number of amides is 1. The van der Waals surface area contributed by atoms with Crippen molar-refractivity contribution in [3.05, 3.63) is 0 Å². The average Bonchev–Trinajstić information content (AvgIpc) is 2.29. The lowest BCUT2D eigenvalue weighted by Crippen LogP contribution is -2.48. The molecule has 0 atom stereocenters. The molecular formula is C9H20N4O4S. The SMILES string of the molecule is CCOC(=O)NS(=O)(=O)NCCN1CCNCC1. The Labute approximate surface area is 107 Å². The molecule has 1 amide bonds. The highest BCUT2D eigenvalue weighted by molar-refractivity contribution is 7.88. The lowest BCUT2D eigenvalue weighted by Gasteiger charge is -2.26. The lowest BCUT2D eigenvalue weighted by atomic mass is 10.3. The van der Waals surface area contributed by atoms with Crippen LogP contribution >= 0.6 is 0 Å². The molecule has 1 saturated heterocycles. The summed E-state index contributed by atoms with van der Waals surface area (Å²) in [7, 11) is -3.82. The van der Waals surface area contributed by atoms with E-state index >= 15 is 0 Å². The zero-order chi connectivity index (χ0) is 13.4. The summed E-state index contributed by atoms with van der Waals surface area (Å²) in [6, 6.07) is 0. The number of nitrogens with one attached hydrogen (secondary N) is 3. The van der Waals surface area contributed by atoms with Gasteiger partial charge in [-0.1, -0.05) is 0 Å². The van der Waals surface area contributed by atoms with Crippen molar-refractivity contribution in [2.24, 2.45) is 0 Å². The highest BCUT2D eigenvalue weighted by atomic mass is 32.2. The molecule has 1 rings (SSSR count). The summed E-state index contributed by atoms with van der Waals surface area (Å²) in [5.74, 6) is 0. The van der Waals surface area contributed by atoms with E-state index in [1.165, 1.54) is 0 Å². The third-order valence-corrected chi connectivity index (χ3v) is 3.44. The monoisotopic (exact) mass is 280 g/mol. The Hall–Kier alpha value is -0.900. The molecule has 0 radical (unpaired) electrons. The van der Waals surface area contributed by atoms with Crippen molar-refractivity contribution in [3.63, 3.8) is 0 Å². The van der Waals surface area contributed by atoms with Crippen molar-refractivity contribution in [1.82, 2.24) is 19.7 Å². The topological polar surface area (TPSA) is 99.8 Å². The Bertz CT molecular complexity index is 354. The van der Waals surface area contributed by atoms with Gasteiger partial charge in [0, 0.05) is 39.3 Å². The molecule has 8 nitrogen and oxygen atoms in total. The van der Waals surface area contributed by atoms with Gasteiger partial charge in [-0.3, -0.25) is 4.90 Å². The van der Waals surface area contributed by atoms with Crippen molar-refractivity contribution in [2.45, 2.75) is 6.92 Å². The third kappa shape index (κ3) is 6.15. The van der Waals surface area contributed by atoms with Crippen LogP contribution in [0.15, 0.2) is 0 Å². The van der Waals surface area contributed by atoms with Gasteiger partial charge in [0.25, 0.3) is 0 Å². The summed E-state index contributed by atoms with van der Waals surface area (Å²) in [5, 5.41) is 3.21. The number of hydrogen-bond acceptors (Lipinski definition) is 6. The van der Waals surface area contributed by atoms with E-state index in [4.69, 9.17) is 0 Å². The van der Waals surface area contributed by atoms with Gasteiger partial charge in [0.2, 0.25) is 0 Å². The van der Waals surface area contributed by atoms with Gasteiger partial charge in [-0.15, -0.1) is 0 Å². The van der Waals surface area contributed by atoms with Gasteiger partial charge >= 0.3 is 16.3 Å². The lowest BCUT2D eigenvalue weighted by molar-refractivity contribution is 0.158. The zero-order valence-corrected chi connectivity index (χ0v) is 11.3. The number of rotatable bonds is 6. The predicted molar refractivity (Wildman–Crippen MR) is 66.4 cm³/mol. The van der Waals surface area contributed by atoms with Gasteiger partial charge in [-0.25, -0.2) is 9.52 Å². The molecule has 9 heteroatoms. The van der Waals surface area contributed by atoms with E-state index in [1.54, 1.807) is 11.6 Å². The Morgan fingerprint density at radius 2 is 2.06 bits per heavy atom. The van der Waals surface area contributed by atoms with Crippen LogP contribution in [0, 0.1) is 0 Å². The minimum Gasteiger partial charge on any atom is -0.449 e. The van der Waals surface area contributed by atoms with Crippen LogP contribution in [-0.4, -0.2) is 65.3 Å². The summed E-state index contributed by atoms with van der Waals surface area (Å²) in [6.07, 6.45) is -0.966. The molecule has 3 N–H and O–H groups in total. The molecule has 0 aromatic heterocycles. The van der Waals surface area contributed by atoms with Crippen LogP contribution in [0.25, 0.3) is 0 Å². The first kappa shape index (κ1) is 15.2. The Balaban J connectivity index is 2.22. The van der Waals surface area contributed by atoms with E-state index < -0.39 is 16.3 Å². The number of ether oxygens (including phenoxy) is 1. The smallest absolute Gasteiger partial charge is 0.421 e. The van der Waals surface area contributed by atoms with Crippen LogP contribution < -0.4 is 14.8 Å². The van der Waals surface area contributed by atoms with E-state index in [1.807, 2.05) is 0 Å². The van der Waals surface area contributed by atoms with Gasteiger partial charge in [-0.05, 0) is 6.92 Å². The summed E-state index contributed by atoms with van der Waals surface area (Å²) < 4.78 is 31.4. The number of piperazine rings is 1. The van der Waals surface area contributed by atoms with Gasteiger partial charge < -0.3 is 10.1 Å². The van der Waals surface area contributed by atoms with Crippen LogP contribution in [0.5, 0.6) is 0 Å². The number of carbonyl (C=O) groups is 1. The largest absolute Gasteiger partial charge is 0.449 e. The van der Waals surface area contributed by atoms with Crippen molar-refractivity contribution in [2.75, 3.05) is 45.9 Å². The van der Waals surface area contributed by atoms with Crippen LogP contribution in [0.2, 0.25) is 0 Å². The fraction of sp³-hybridized carbons (Fsp3) is 0.889. The average molecular weight is 280 g/mol. The maximum atomic E-state index is 11.4. The summed E-state index contributed by atoms with van der Waals surface area (Å²) in [6.45, 7) is 6.22. The molecule has 0 aromatic carbocycles. The molecule has 0 saturated carbocycles. The van der Waals surface area contributed by atoms with Crippen molar-refractivity contribution in [3.8, 4) is 0 Å². The third-order valence-electron chi connectivity index (χ3n) is 2.42. The fourth-order valence-corrected chi connectivity index (χ4v) is 2.29. The Kier molecular flexibility index (Phi) is 6.33. The van der Waals surface area contributed by atoms with Crippen molar-refractivity contribution >= 4 is 16.3 Å². The van der Waals surface area contributed by atoms with E-state index in [9.17, 15) is 13.2 Å². The quantitative estimate of drug-likeness (QED) is 0.546. The maximum absolute atomic E-state index is 11.4. The molecule has 1 aliphatic rings. The summed E-state index contributed by atoms with van der Waals surface area (Å²) in [4.78, 5) is 13.1. The normalized spacial score (nSPS) is 17.4. The van der Waals surface area contributed by atoms with Crippen LogP contribution in [0.1, 0.15) is 6.92 Å². The second kappa shape index (κ2) is 7.52. The summed E-state index contributed by atoms with van der Waals surface area (Å²) >= 11 is 0. The minimum absolute atomic E-state index is 0.127. The second-order valence-electron chi connectivity index (χ2n) is 3.81. The van der Waals surface area contributed by atoms with E-state index in [2.05, 4.69) is 19.7 Å². The second-order valence-corrected chi connectivity index (χ2v) is 5.31. The Morgan fingerprint density at radius 3 is 2.67 bits per heavy atom. The molecule has 1 aliphatic heterocycles. The first-order valence-electron chi connectivity index (χ1n) is 5.90. The van der Waals surface area contributed by atoms with Crippen LogP contribution in [0.3, 0.4) is 0 Å². The molecule has 18 heavy (non-hydrogen) atoms. The number of hydrogen-bond donors (Lipinski definition) is 3. The zero-order valence-electron chi connectivity index (χ0n) is 10.4. The molecule has 0 aliphatic carbocycles. The molecule has 0 bridgehead atoms. The van der Waals surface area contributed by atoms with Gasteiger partial charge in [-0.2, -0.15) is 13.1 Å². The molecule has 1 fully saturated rings. The fourth-order valence-electron chi connectivity index (χ4n) is 1.58. The minimum atomic E-state index is -3.82. The Morgan fingerprint density at radius 1 is 1.39 bits per heavy atom. The number of carbonyl (C=O) groups excluding carboxylic acids is 1. The highest BCUT2D eigenvalue weighted by Gasteiger charge is 2.15. The molecule has 1 heterocycles. The predicted octanol–water partition coefficient (Wildman–Crippen LogP) is -1.53. The van der Waals surface area contributed by atoms with E-state index in [0.717, 1.165) is 26.2 Å². The first-order valence-corrected chi connectivity index (χ1v) is 7.39. The standard InChI is InChI=1S/C9H20N4O4S/c1-2-17-9(14)12-18(15,16)11-5-8-13-6-3-10-4-7-13/h10-11H,2-8H2,1H3,(H,12,14). The summed E-state index contributed by atoms with van der Waals surface area (Å²) in [5.41, 5.74) is 0. The molecule has 106 valence electrons. The van der Waals surface area contributed by atoms with Gasteiger partial charge in [0.15, 0.2) is 0 Å². The van der Waals surface area contributed by atoms with E-state index in [0.29, 0.717) is 6.54 Å².